The zero-order valence-electron chi connectivity index (χ0n) is 15.3. The van der Waals surface area contributed by atoms with Gasteiger partial charge in [-0.05, 0) is 46.1 Å². The first-order valence-electron chi connectivity index (χ1n) is 8.44. The monoisotopic (exact) mass is 344 g/mol. The molecule has 0 atom stereocenters. The van der Waals surface area contributed by atoms with Gasteiger partial charge in [-0.25, -0.2) is 4.79 Å². The van der Waals surface area contributed by atoms with Crippen LogP contribution in [0.2, 0.25) is 0 Å². The molecule has 1 amide bonds. The van der Waals surface area contributed by atoms with Crippen LogP contribution in [-0.2, 0) is 13.6 Å². The van der Waals surface area contributed by atoms with E-state index in [1.807, 2.05) is 30.5 Å². The van der Waals surface area contributed by atoms with Gasteiger partial charge in [0.05, 0.1) is 11.3 Å². The normalized spacial score (nSPS) is 14.0. The van der Waals surface area contributed by atoms with Gasteiger partial charge in [0.15, 0.2) is 0 Å². The van der Waals surface area contributed by atoms with Gasteiger partial charge in [0.2, 0.25) is 0 Å². The summed E-state index contributed by atoms with van der Waals surface area (Å²) in [4.78, 5) is 29.4. The molecule has 2 N–H and O–H groups in total. The molecule has 2 heterocycles. The molecule has 1 saturated carbocycles. The number of aromatic amines is 1. The average molecular weight is 344 g/mol. The van der Waals surface area contributed by atoms with Gasteiger partial charge in [0.25, 0.3) is 5.91 Å². The maximum atomic E-state index is 13.1. The third-order valence-electron chi connectivity index (χ3n) is 5.10. The molecule has 0 unspecified atom stereocenters. The number of hydrogen-bond acceptors (Lipinski definition) is 3. The van der Waals surface area contributed by atoms with Crippen molar-refractivity contribution in [2.45, 2.75) is 53.1 Å². The zero-order valence-corrected chi connectivity index (χ0v) is 15.3. The van der Waals surface area contributed by atoms with Crippen LogP contribution in [0.5, 0.6) is 0 Å². The molecule has 0 bridgehead atoms. The van der Waals surface area contributed by atoms with E-state index in [0.717, 1.165) is 29.8 Å². The predicted molar refractivity (Wildman–Crippen MR) is 92.8 cm³/mol. The van der Waals surface area contributed by atoms with E-state index >= 15 is 0 Å². The number of rotatable bonds is 5. The minimum Gasteiger partial charge on any atom is -0.478 e. The average Bonchev–Trinajstić information content (AvgIpc) is 3.27. The van der Waals surface area contributed by atoms with E-state index in [2.05, 4.69) is 10.1 Å². The second-order valence-electron chi connectivity index (χ2n) is 6.87. The Morgan fingerprint density at radius 2 is 1.92 bits per heavy atom. The number of aryl methyl sites for hydroxylation is 3. The number of carbonyl (C=O) groups is 2. The lowest BCUT2D eigenvalue weighted by Gasteiger charge is -2.22. The summed E-state index contributed by atoms with van der Waals surface area (Å²) in [6.45, 7) is 7.81. The van der Waals surface area contributed by atoms with Crippen LogP contribution in [-0.4, -0.2) is 42.7 Å². The molecule has 0 spiro atoms. The Balaban J connectivity index is 1.95. The molecule has 0 aromatic carbocycles. The molecule has 7 nitrogen and oxygen atoms in total. The molecular weight excluding hydrogens is 320 g/mol. The second-order valence-corrected chi connectivity index (χ2v) is 6.87. The molecule has 134 valence electrons. The van der Waals surface area contributed by atoms with Crippen molar-refractivity contribution >= 4 is 11.9 Å². The van der Waals surface area contributed by atoms with Gasteiger partial charge in [-0.2, -0.15) is 5.10 Å². The smallest absolute Gasteiger partial charge is 0.337 e. The molecule has 1 fully saturated rings. The zero-order chi connectivity index (χ0) is 18.5. The number of aromatic carboxylic acids is 1. The molecule has 0 radical (unpaired) electrons. The number of carboxylic acids is 1. The first kappa shape index (κ1) is 17.3. The van der Waals surface area contributed by atoms with E-state index in [0.29, 0.717) is 23.5 Å². The number of amides is 1. The second kappa shape index (κ2) is 6.06. The summed E-state index contributed by atoms with van der Waals surface area (Å²) in [6.07, 6.45) is 1.96. The standard InChI is InChI=1S/C18H24N4O3/c1-9-15(18(24)25)11(3)19-16(9)17(23)22(13-6-7-13)8-14-10(2)20-21(5)12(14)4/h13,19H,6-8H2,1-5H3,(H,24,25). The number of H-pyrrole nitrogens is 1. The number of nitrogens with zero attached hydrogens (tertiary/aromatic N) is 3. The summed E-state index contributed by atoms with van der Waals surface area (Å²) in [5, 5.41) is 13.8. The van der Waals surface area contributed by atoms with E-state index < -0.39 is 5.97 Å². The van der Waals surface area contributed by atoms with Crippen molar-refractivity contribution in [2.24, 2.45) is 7.05 Å². The third kappa shape index (κ3) is 2.94. The summed E-state index contributed by atoms with van der Waals surface area (Å²) >= 11 is 0. The van der Waals surface area contributed by atoms with Crippen molar-refractivity contribution in [2.75, 3.05) is 0 Å². The number of carbonyl (C=O) groups excluding carboxylic acids is 1. The van der Waals surface area contributed by atoms with Gasteiger partial charge < -0.3 is 15.0 Å². The molecule has 0 saturated heterocycles. The topological polar surface area (TPSA) is 91.2 Å². The van der Waals surface area contributed by atoms with E-state index in [1.54, 1.807) is 13.8 Å². The highest BCUT2D eigenvalue weighted by molar-refractivity contribution is 6.00. The van der Waals surface area contributed by atoms with Crippen LogP contribution in [0.1, 0.15) is 61.9 Å². The minimum atomic E-state index is -1.01. The number of aromatic nitrogens is 3. The molecule has 3 rings (SSSR count). The summed E-state index contributed by atoms with van der Waals surface area (Å²) < 4.78 is 1.83. The highest BCUT2D eigenvalue weighted by Crippen LogP contribution is 2.32. The van der Waals surface area contributed by atoms with Crippen LogP contribution >= 0.6 is 0 Å². The van der Waals surface area contributed by atoms with Crippen LogP contribution in [0.4, 0.5) is 0 Å². The maximum absolute atomic E-state index is 13.1. The Morgan fingerprint density at radius 1 is 1.28 bits per heavy atom. The van der Waals surface area contributed by atoms with Crippen molar-refractivity contribution in [1.29, 1.82) is 0 Å². The van der Waals surface area contributed by atoms with Crippen molar-refractivity contribution < 1.29 is 14.7 Å². The van der Waals surface area contributed by atoms with Gasteiger partial charge in [-0.15, -0.1) is 0 Å². The maximum Gasteiger partial charge on any atom is 0.337 e. The fourth-order valence-corrected chi connectivity index (χ4v) is 3.40. The van der Waals surface area contributed by atoms with Crippen LogP contribution in [0.3, 0.4) is 0 Å². The quantitative estimate of drug-likeness (QED) is 0.872. The summed E-state index contributed by atoms with van der Waals surface area (Å²) in [7, 11) is 1.90. The van der Waals surface area contributed by atoms with E-state index in [1.165, 1.54) is 0 Å². The van der Waals surface area contributed by atoms with Gasteiger partial charge in [0, 0.05) is 36.6 Å². The van der Waals surface area contributed by atoms with E-state index in [4.69, 9.17) is 0 Å². The van der Waals surface area contributed by atoms with E-state index in [-0.39, 0.29) is 17.5 Å². The van der Waals surface area contributed by atoms with Crippen LogP contribution in [0.25, 0.3) is 0 Å². The number of carboxylic acid groups (broad SMARTS) is 1. The SMILES string of the molecule is Cc1nn(C)c(C)c1CN(C(=O)c1[nH]c(C)c(C(=O)O)c1C)C1CC1. The Bertz CT molecular complexity index is 858. The molecule has 2 aromatic rings. The van der Waals surface area contributed by atoms with Crippen molar-refractivity contribution in [3.63, 3.8) is 0 Å². The predicted octanol–water partition coefficient (Wildman–Crippen LogP) is 2.48. The molecular formula is C18H24N4O3. The fourth-order valence-electron chi connectivity index (χ4n) is 3.40. The van der Waals surface area contributed by atoms with Crippen LogP contribution < -0.4 is 0 Å². The highest BCUT2D eigenvalue weighted by atomic mass is 16.4. The highest BCUT2D eigenvalue weighted by Gasteiger charge is 2.36. The lowest BCUT2D eigenvalue weighted by molar-refractivity contribution is 0.0695. The molecule has 1 aliphatic rings. The summed E-state index contributed by atoms with van der Waals surface area (Å²) in [6, 6.07) is 0.211. The minimum absolute atomic E-state index is 0.141. The summed E-state index contributed by atoms with van der Waals surface area (Å²) in [5.41, 5.74) is 4.60. The molecule has 2 aromatic heterocycles. The van der Waals surface area contributed by atoms with E-state index in [9.17, 15) is 14.7 Å². The first-order valence-corrected chi connectivity index (χ1v) is 8.44. The van der Waals surface area contributed by atoms with Crippen LogP contribution in [0.15, 0.2) is 0 Å². The number of nitrogens with one attached hydrogen (secondary N) is 1. The Hall–Kier alpha value is -2.57. The Labute approximate surface area is 146 Å². The Morgan fingerprint density at radius 3 is 2.36 bits per heavy atom. The third-order valence-corrected chi connectivity index (χ3v) is 5.10. The van der Waals surface area contributed by atoms with Gasteiger partial charge in [-0.1, -0.05) is 0 Å². The molecule has 1 aliphatic carbocycles. The molecule has 25 heavy (non-hydrogen) atoms. The van der Waals surface area contributed by atoms with Gasteiger partial charge in [0.1, 0.15) is 5.69 Å². The van der Waals surface area contributed by atoms with Crippen LogP contribution in [0, 0.1) is 27.7 Å². The lowest BCUT2D eigenvalue weighted by atomic mass is 10.1. The van der Waals surface area contributed by atoms with Crippen molar-refractivity contribution in [3.8, 4) is 0 Å². The Kier molecular flexibility index (Phi) is 4.18. The number of hydrogen-bond donors (Lipinski definition) is 2. The fraction of sp³-hybridized carbons (Fsp3) is 0.500. The first-order chi connectivity index (χ1) is 11.7. The van der Waals surface area contributed by atoms with Crippen molar-refractivity contribution in [1.82, 2.24) is 19.7 Å². The molecule has 0 aliphatic heterocycles. The largest absolute Gasteiger partial charge is 0.478 e. The van der Waals surface area contributed by atoms with Gasteiger partial charge >= 0.3 is 5.97 Å². The lowest BCUT2D eigenvalue weighted by Crippen LogP contribution is -2.33. The van der Waals surface area contributed by atoms with Crippen molar-refractivity contribution in [3.05, 3.63) is 39.5 Å². The molecule has 7 heteroatoms. The summed E-state index contributed by atoms with van der Waals surface area (Å²) in [5.74, 6) is -1.15. The van der Waals surface area contributed by atoms with Gasteiger partial charge in [-0.3, -0.25) is 9.48 Å².